The molecule has 0 spiro atoms. The summed E-state index contributed by atoms with van der Waals surface area (Å²) in [5.74, 6) is -0.0490. The van der Waals surface area contributed by atoms with Gasteiger partial charge in [-0.15, -0.1) is 0 Å². The predicted octanol–water partition coefficient (Wildman–Crippen LogP) is 3.50. The van der Waals surface area contributed by atoms with Crippen molar-refractivity contribution in [1.82, 2.24) is 0 Å². The van der Waals surface area contributed by atoms with Crippen LogP contribution in [0.3, 0.4) is 0 Å². The number of methoxy groups -OCH3 is 2. The van der Waals surface area contributed by atoms with Crippen LogP contribution >= 0.6 is 11.6 Å². The largest absolute Gasteiger partial charge is 0.493 e. The van der Waals surface area contributed by atoms with Crippen molar-refractivity contribution in [3.63, 3.8) is 0 Å². The Balaban J connectivity index is 2.16. The van der Waals surface area contributed by atoms with Crippen molar-refractivity contribution in [3.8, 4) is 11.5 Å². The lowest BCUT2D eigenvalue weighted by molar-refractivity contribution is 0.0697. The average Bonchev–Trinajstić information content (AvgIpc) is 2.54. The molecule has 0 aliphatic heterocycles. The van der Waals surface area contributed by atoms with Crippen LogP contribution in [-0.4, -0.2) is 31.5 Å². The molecule has 0 aliphatic rings. The topological polar surface area (TPSA) is 80.2 Å². The summed E-state index contributed by atoms with van der Waals surface area (Å²) in [7, 11) is 3.03. The summed E-state index contributed by atoms with van der Waals surface area (Å²) < 4.78 is 10.4. The highest BCUT2D eigenvalue weighted by Crippen LogP contribution is 2.35. The van der Waals surface area contributed by atoms with Gasteiger partial charge in [-0.3, -0.25) is 5.43 Å². The van der Waals surface area contributed by atoms with Crippen molar-refractivity contribution >= 4 is 29.5 Å². The summed E-state index contributed by atoms with van der Waals surface area (Å²) in [6.07, 6.45) is 1.54. The molecule has 6 nitrogen and oxygen atoms in total. The number of anilines is 1. The molecular weight excluding hydrogens is 320 g/mol. The molecule has 0 aliphatic carbocycles. The Bertz CT molecular complexity index is 747. The van der Waals surface area contributed by atoms with Crippen LogP contribution in [0, 0.1) is 0 Å². The molecule has 0 bridgehead atoms. The van der Waals surface area contributed by atoms with Gasteiger partial charge < -0.3 is 14.6 Å². The Morgan fingerprint density at radius 3 is 2.70 bits per heavy atom. The first-order chi connectivity index (χ1) is 11.0. The van der Waals surface area contributed by atoms with E-state index >= 15 is 0 Å². The number of ether oxygens (including phenoxy) is 2. The van der Waals surface area contributed by atoms with Crippen LogP contribution in [0.25, 0.3) is 0 Å². The molecule has 0 aromatic heterocycles. The predicted molar refractivity (Wildman–Crippen MR) is 89.2 cm³/mol. The number of carboxylic acids is 1. The van der Waals surface area contributed by atoms with Crippen LogP contribution in [-0.2, 0) is 0 Å². The number of rotatable bonds is 6. The number of hydrogen-bond donors (Lipinski definition) is 2. The smallest absolute Gasteiger partial charge is 0.335 e. The molecule has 2 rings (SSSR count). The van der Waals surface area contributed by atoms with Crippen LogP contribution in [0.5, 0.6) is 11.5 Å². The highest BCUT2D eigenvalue weighted by atomic mass is 35.5. The second kappa shape index (κ2) is 7.51. The maximum absolute atomic E-state index is 10.9. The summed E-state index contributed by atoms with van der Waals surface area (Å²) in [5, 5.41) is 13.4. The molecule has 0 saturated heterocycles. The average molecular weight is 335 g/mol. The lowest BCUT2D eigenvalue weighted by atomic mass is 10.2. The molecule has 0 heterocycles. The highest BCUT2D eigenvalue weighted by molar-refractivity contribution is 6.32. The number of hydrazone groups is 1. The van der Waals surface area contributed by atoms with Crippen LogP contribution in [0.15, 0.2) is 41.5 Å². The maximum Gasteiger partial charge on any atom is 0.335 e. The molecule has 2 aromatic carbocycles. The van der Waals surface area contributed by atoms with E-state index in [0.717, 1.165) is 0 Å². The van der Waals surface area contributed by atoms with E-state index in [4.69, 9.17) is 26.2 Å². The first-order valence-electron chi connectivity index (χ1n) is 6.59. The zero-order chi connectivity index (χ0) is 16.8. The van der Waals surface area contributed by atoms with E-state index in [9.17, 15) is 4.79 Å². The van der Waals surface area contributed by atoms with Crippen molar-refractivity contribution in [3.05, 3.63) is 52.5 Å². The highest BCUT2D eigenvalue weighted by Gasteiger charge is 2.09. The minimum Gasteiger partial charge on any atom is -0.493 e. The standard InChI is InChI=1S/C16H15ClN2O4/c1-22-14-7-10(6-13(17)15(14)23-2)9-18-19-12-5-3-4-11(8-12)16(20)21/h3-9,19H,1-2H3,(H,20,21). The van der Waals surface area contributed by atoms with Gasteiger partial charge in [-0.25, -0.2) is 4.79 Å². The Labute approximate surface area is 138 Å². The third-order valence-corrected chi connectivity index (χ3v) is 3.25. The van der Waals surface area contributed by atoms with Crippen LogP contribution in [0.2, 0.25) is 5.02 Å². The third kappa shape index (κ3) is 4.14. The number of nitrogens with zero attached hydrogens (tertiary/aromatic N) is 1. The van der Waals surface area contributed by atoms with E-state index in [2.05, 4.69) is 10.5 Å². The molecule has 0 fully saturated rings. The van der Waals surface area contributed by atoms with Gasteiger partial charge in [-0.1, -0.05) is 17.7 Å². The van der Waals surface area contributed by atoms with Gasteiger partial charge in [0.05, 0.1) is 36.7 Å². The van der Waals surface area contributed by atoms with Crippen LogP contribution < -0.4 is 14.9 Å². The maximum atomic E-state index is 10.9. The van der Waals surface area contributed by atoms with Gasteiger partial charge in [0.2, 0.25) is 0 Å². The summed E-state index contributed by atoms with van der Waals surface area (Å²) in [4.78, 5) is 10.9. The molecule has 23 heavy (non-hydrogen) atoms. The molecular formula is C16H15ClN2O4. The SMILES string of the molecule is COc1cc(C=NNc2cccc(C(=O)O)c2)cc(Cl)c1OC. The zero-order valence-electron chi connectivity index (χ0n) is 12.5. The van der Waals surface area contributed by atoms with Crippen molar-refractivity contribution in [2.24, 2.45) is 5.10 Å². The second-order valence-electron chi connectivity index (χ2n) is 4.49. The quantitative estimate of drug-likeness (QED) is 0.624. The minimum absolute atomic E-state index is 0.180. The number of carboxylic acid groups (broad SMARTS) is 1. The van der Waals surface area contributed by atoms with Crippen molar-refractivity contribution in [2.75, 3.05) is 19.6 Å². The first-order valence-corrected chi connectivity index (χ1v) is 6.97. The molecule has 0 saturated carbocycles. The number of benzene rings is 2. The fourth-order valence-corrected chi connectivity index (χ4v) is 2.21. The Kier molecular flexibility index (Phi) is 5.43. The van der Waals surface area contributed by atoms with E-state index in [1.807, 2.05) is 0 Å². The van der Waals surface area contributed by atoms with Gasteiger partial charge in [0, 0.05) is 0 Å². The van der Waals surface area contributed by atoms with E-state index in [1.54, 1.807) is 30.5 Å². The van der Waals surface area contributed by atoms with Gasteiger partial charge in [-0.05, 0) is 35.9 Å². The van der Waals surface area contributed by atoms with E-state index in [1.165, 1.54) is 26.4 Å². The summed E-state index contributed by atoms with van der Waals surface area (Å²) in [6.45, 7) is 0. The number of carbonyl (C=O) groups is 1. The molecule has 0 unspecified atom stereocenters. The van der Waals surface area contributed by atoms with E-state index in [-0.39, 0.29) is 5.56 Å². The Morgan fingerprint density at radius 2 is 2.04 bits per heavy atom. The Hall–Kier alpha value is -2.73. The Morgan fingerprint density at radius 1 is 1.26 bits per heavy atom. The van der Waals surface area contributed by atoms with Crippen molar-refractivity contribution in [1.29, 1.82) is 0 Å². The second-order valence-corrected chi connectivity index (χ2v) is 4.90. The summed E-state index contributed by atoms with van der Waals surface area (Å²) in [5.41, 5.74) is 4.21. The monoisotopic (exact) mass is 334 g/mol. The molecule has 2 aromatic rings. The van der Waals surface area contributed by atoms with Crippen molar-refractivity contribution < 1.29 is 19.4 Å². The fraction of sp³-hybridized carbons (Fsp3) is 0.125. The van der Waals surface area contributed by atoms with Crippen molar-refractivity contribution in [2.45, 2.75) is 0 Å². The fourth-order valence-electron chi connectivity index (χ4n) is 1.92. The number of aromatic carboxylic acids is 1. The summed E-state index contributed by atoms with van der Waals surface area (Å²) in [6, 6.07) is 9.75. The molecule has 7 heteroatoms. The van der Waals surface area contributed by atoms with Gasteiger partial charge in [-0.2, -0.15) is 5.10 Å². The first kappa shape index (κ1) is 16.6. The number of hydrogen-bond acceptors (Lipinski definition) is 5. The molecule has 0 radical (unpaired) electrons. The number of nitrogens with one attached hydrogen (secondary N) is 1. The lowest BCUT2D eigenvalue weighted by Crippen LogP contribution is -1.98. The van der Waals surface area contributed by atoms with Gasteiger partial charge >= 0.3 is 5.97 Å². The molecule has 0 amide bonds. The zero-order valence-corrected chi connectivity index (χ0v) is 13.3. The van der Waals surface area contributed by atoms with Gasteiger partial charge in [0.25, 0.3) is 0 Å². The van der Waals surface area contributed by atoms with Crippen LogP contribution in [0.1, 0.15) is 15.9 Å². The lowest BCUT2D eigenvalue weighted by Gasteiger charge is -2.10. The normalized spacial score (nSPS) is 10.6. The van der Waals surface area contributed by atoms with E-state index in [0.29, 0.717) is 27.8 Å². The van der Waals surface area contributed by atoms with E-state index < -0.39 is 5.97 Å². The van der Waals surface area contributed by atoms with Crippen LogP contribution in [0.4, 0.5) is 5.69 Å². The third-order valence-electron chi connectivity index (χ3n) is 2.97. The molecule has 2 N–H and O–H groups in total. The van der Waals surface area contributed by atoms with Gasteiger partial charge in [0.1, 0.15) is 0 Å². The minimum atomic E-state index is -0.996. The van der Waals surface area contributed by atoms with Gasteiger partial charge in [0.15, 0.2) is 11.5 Å². The number of halogens is 1. The molecule has 0 atom stereocenters. The molecule has 120 valence electrons. The summed E-state index contributed by atoms with van der Waals surface area (Å²) >= 11 is 6.11.